The van der Waals surface area contributed by atoms with Crippen molar-refractivity contribution in [3.05, 3.63) is 39.4 Å². The van der Waals surface area contributed by atoms with E-state index in [4.69, 9.17) is 16.7 Å². The molecule has 80 valence electrons. The molecule has 1 aromatic carbocycles. The third-order valence-corrected chi connectivity index (χ3v) is 2.14. The number of nitro benzene ring substituents is 1. The van der Waals surface area contributed by atoms with Crippen molar-refractivity contribution in [3.8, 4) is 0 Å². The van der Waals surface area contributed by atoms with Crippen LogP contribution in [0.25, 0.3) is 0 Å². The van der Waals surface area contributed by atoms with Gasteiger partial charge in [0.25, 0.3) is 5.69 Å². The first-order valence-electron chi connectivity index (χ1n) is 4.09. The lowest BCUT2D eigenvalue weighted by Gasteiger charge is -2.05. The second-order valence-electron chi connectivity index (χ2n) is 2.95. The van der Waals surface area contributed by atoms with Gasteiger partial charge in [-0.25, -0.2) is 4.79 Å². The van der Waals surface area contributed by atoms with Crippen LogP contribution in [0.1, 0.15) is 28.2 Å². The molecule has 0 spiro atoms. The predicted octanol–water partition coefficient (Wildman–Crippen LogP) is 2.59. The highest BCUT2D eigenvalue weighted by Crippen LogP contribution is 2.29. The van der Waals surface area contributed by atoms with Crippen molar-refractivity contribution < 1.29 is 14.8 Å². The van der Waals surface area contributed by atoms with E-state index in [0.29, 0.717) is 5.56 Å². The van der Waals surface area contributed by atoms with Crippen LogP contribution < -0.4 is 0 Å². The maximum Gasteiger partial charge on any atom is 0.335 e. The summed E-state index contributed by atoms with van der Waals surface area (Å²) in [7, 11) is 0. The molecule has 0 saturated carbocycles. The average Bonchev–Trinajstić information content (AvgIpc) is 2.16. The van der Waals surface area contributed by atoms with Gasteiger partial charge in [0.2, 0.25) is 0 Å². The molecule has 1 rings (SSSR count). The summed E-state index contributed by atoms with van der Waals surface area (Å²) >= 11 is 5.73. The van der Waals surface area contributed by atoms with Crippen LogP contribution in [0, 0.1) is 10.1 Å². The molecule has 0 radical (unpaired) electrons. The highest BCUT2D eigenvalue weighted by atomic mass is 35.5. The first-order chi connectivity index (χ1) is 6.93. The third-order valence-electron chi connectivity index (χ3n) is 1.90. The van der Waals surface area contributed by atoms with E-state index in [1.807, 2.05) is 0 Å². The largest absolute Gasteiger partial charge is 0.478 e. The van der Waals surface area contributed by atoms with Crippen molar-refractivity contribution in [2.45, 2.75) is 12.3 Å². The number of rotatable bonds is 3. The van der Waals surface area contributed by atoms with Crippen molar-refractivity contribution in [1.29, 1.82) is 0 Å². The molecule has 15 heavy (non-hydrogen) atoms. The van der Waals surface area contributed by atoms with Gasteiger partial charge in [0.05, 0.1) is 15.9 Å². The Morgan fingerprint density at radius 3 is 2.60 bits per heavy atom. The second-order valence-corrected chi connectivity index (χ2v) is 3.61. The number of hydrogen-bond acceptors (Lipinski definition) is 3. The molecule has 1 N–H and O–H groups in total. The quantitative estimate of drug-likeness (QED) is 0.491. The second kappa shape index (κ2) is 4.27. The van der Waals surface area contributed by atoms with Gasteiger partial charge in [0.15, 0.2) is 0 Å². The van der Waals surface area contributed by atoms with Crippen molar-refractivity contribution in [2.75, 3.05) is 0 Å². The van der Waals surface area contributed by atoms with Crippen LogP contribution in [-0.4, -0.2) is 16.0 Å². The minimum Gasteiger partial charge on any atom is -0.478 e. The van der Waals surface area contributed by atoms with Gasteiger partial charge < -0.3 is 5.11 Å². The highest BCUT2D eigenvalue weighted by molar-refractivity contribution is 6.20. The Kier molecular flexibility index (Phi) is 3.26. The average molecular weight is 230 g/mol. The summed E-state index contributed by atoms with van der Waals surface area (Å²) in [6, 6.07) is 3.67. The van der Waals surface area contributed by atoms with Gasteiger partial charge in [-0.15, -0.1) is 11.6 Å². The molecule has 0 bridgehead atoms. The minimum atomic E-state index is -1.20. The van der Waals surface area contributed by atoms with Crippen molar-refractivity contribution in [2.24, 2.45) is 0 Å². The number of alkyl halides is 1. The SMILES string of the molecule is CC(Cl)c1ccc(C(=O)O)cc1[N+](=O)[O-]. The van der Waals surface area contributed by atoms with Crippen LogP contribution >= 0.6 is 11.6 Å². The van der Waals surface area contributed by atoms with Gasteiger partial charge in [0.1, 0.15) is 0 Å². The first kappa shape index (κ1) is 11.5. The number of nitrogens with zero attached hydrogens (tertiary/aromatic N) is 1. The summed E-state index contributed by atoms with van der Waals surface area (Å²) < 4.78 is 0. The standard InChI is InChI=1S/C9H8ClNO4/c1-5(10)7-3-2-6(9(12)13)4-8(7)11(14)15/h2-5H,1H3,(H,12,13). The monoisotopic (exact) mass is 229 g/mol. The van der Waals surface area contributed by atoms with Gasteiger partial charge in [-0.2, -0.15) is 0 Å². The third kappa shape index (κ3) is 2.44. The Hall–Kier alpha value is -1.62. The highest BCUT2D eigenvalue weighted by Gasteiger charge is 2.19. The first-order valence-corrected chi connectivity index (χ1v) is 4.53. The summed E-state index contributed by atoms with van der Waals surface area (Å²) in [6.07, 6.45) is 0. The lowest BCUT2D eigenvalue weighted by Crippen LogP contribution is -2.01. The number of halogens is 1. The number of aromatic carboxylic acids is 1. The van der Waals surface area contributed by atoms with E-state index in [1.54, 1.807) is 6.92 Å². The van der Waals surface area contributed by atoms with Crippen LogP contribution in [-0.2, 0) is 0 Å². The van der Waals surface area contributed by atoms with Gasteiger partial charge in [-0.05, 0) is 19.1 Å². The molecule has 1 atom stereocenters. The van der Waals surface area contributed by atoms with E-state index < -0.39 is 16.3 Å². The number of carboxylic acids is 1. The molecule has 5 nitrogen and oxygen atoms in total. The lowest BCUT2D eigenvalue weighted by molar-refractivity contribution is -0.385. The summed E-state index contributed by atoms with van der Waals surface area (Å²) in [5, 5.41) is 18.8. The number of hydrogen-bond donors (Lipinski definition) is 1. The molecule has 0 heterocycles. The van der Waals surface area contributed by atoms with Crippen LogP contribution in [0.15, 0.2) is 18.2 Å². The molecular formula is C9H8ClNO4. The van der Waals surface area contributed by atoms with Crippen LogP contribution in [0.5, 0.6) is 0 Å². The molecule has 1 aromatic rings. The molecule has 1 unspecified atom stereocenters. The topological polar surface area (TPSA) is 80.4 Å². The van der Waals surface area contributed by atoms with E-state index in [1.165, 1.54) is 12.1 Å². The summed E-state index contributed by atoms with van der Waals surface area (Å²) in [5.41, 5.74) is -0.0770. The maximum atomic E-state index is 10.7. The number of nitro groups is 1. The van der Waals surface area contributed by atoms with Gasteiger partial charge in [-0.3, -0.25) is 10.1 Å². The maximum absolute atomic E-state index is 10.7. The van der Waals surface area contributed by atoms with Crippen LogP contribution in [0.2, 0.25) is 0 Å². The zero-order chi connectivity index (χ0) is 11.6. The fraction of sp³-hybridized carbons (Fsp3) is 0.222. The molecule has 0 saturated heterocycles. The van der Waals surface area contributed by atoms with E-state index in [2.05, 4.69) is 0 Å². The molecule has 0 fully saturated rings. The van der Waals surface area contributed by atoms with Gasteiger partial charge in [-0.1, -0.05) is 0 Å². The fourth-order valence-electron chi connectivity index (χ4n) is 1.17. The van der Waals surface area contributed by atoms with Gasteiger partial charge in [0, 0.05) is 11.6 Å². The Balaban J connectivity index is 3.33. The Morgan fingerprint density at radius 1 is 1.60 bits per heavy atom. The molecule has 0 aliphatic rings. The Morgan fingerprint density at radius 2 is 2.20 bits per heavy atom. The summed E-state index contributed by atoms with van der Waals surface area (Å²) in [6.45, 7) is 1.59. The summed E-state index contributed by atoms with van der Waals surface area (Å²) in [4.78, 5) is 20.6. The molecule has 0 amide bonds. The van der Waals surface area contributed by atoms with E-state index >= 15 is 0 Å². The Bertz CT molecular complexity index is 417. The molecule has 0 aliphatic heterocycles. The smallest absolute Gasteiger partial charge is 0.335 e. The number of benzene rings is 1. The van der Waals surface area contributed by atoms with Crippen molar-refractivity contribution >= 4 is 23.3 Å². The van der Waals surface area contributed by atoms with E-state index in [9.17, 15) is 14.9 Å². The normalized spacial score (nSPS) is 12.1. The molecular weight excluding hydrogens is 222 g/mol. The lowest BCUT2D eigenvalue weighted by atomic mass is 10.1. The molecule has 6 heteroatoms. The van der Waals surface area contributed by atoms with Crippen molar-refractivity contribution in [1.82, 2.24) is 0 Å². The molecule has 0 aliphatic carbocycles. The zero-order valence-electron chi connectivity index (χ0n) is 7.81. The van der Waals surface area contributed by atoms with Gasteiger partial charge >= 0.3 is 5.97 Å². The minimum absolute atomic E-state index is 0.122. The predicted molar refractivity (Wildman–Crippen MR) is 54.3 cm³/mol. The van der Waals surface area contributed by atoms with E-state index in [0.717, 1.165) is 6.07 Å². The van der Waals surface area contributed by atoms with Crippen molar-refractivity contribution in [3.63, 3.8) is 0 Å². The summed E-state index contributed by atoms with van der Waals surface area (Å²) in [5.74, 6) is -1.20. The van der Waals surface area contributed by atoms with Crippen LogP contribution in [0.3, 0.4) is 0 Å². The fourth-order valence-corrected chi connectivity index (χ4v) is 1.36. The zero-order valence-corrected chi connectivity index (χ0v) is 8.56. The number of carbonyl (C=O) groups is 1. The Labute approximate surface area is 90.4 Å². The van der Waals surface area contributed by atoms with E-state index in [-0.39, 0.29) is 11.3 Å². The molecule has 0 aromatic heterocycles. The van der Waals surface area contributed by atoms with Crippen LogP contribution in [0.4, 0.5) is 5.69 Å². The number of carboxylic acid groups (broad SMARTS) is 1.